The van der Waals surface area contributed by atoms with Crippen LogP contribution in [-0.2, 0) is 11.2 Å². The summed E-state index contributed by atoms with van der Waals surface area (Å²) >= 11 is 0. The Morgan fingerprint density at radius 1 is 1.00 bits per heavy atom. The third-order valence-corrected chi connectivity index (χ3v) is 2.75. The van der Waals surface area contributed by atoms with Gasteiger partial charge in [-0.2, -0.15) is 0 Å². The van der Waals surface area contributed by atoms with Gasteiger partial charge in [0.25, 0.3) is 0 Å². The molecule has 18 heavy (non-hydrogen) atoms. The molecular weight excluding hydrogens is 230 g/mol. The third kappa shape index (κ3) is 4.94. The predicted molar refractivity (Wildman–Crippen MR) is 72.6 cm³/mol. The van der Waals surface area contributed by atoms with Crippen LogP contribution in [0.5, 0.6) is 11.5 Å². The Morgan fingerprint density at radius 3 is 2.44 bits per heavy atom. The highest BCUT2D eigenvalue weighted by Gasteiger charge is 2.04. The maximum absolute atomic E-state index is 5.28. The second-order valence-corrected chi connectivity index (χ2v) is 4.04. The molecule has 1 N–H and O–H groups in total. The van der Waals surface area contributed by atoms with Gasteiger partial charge >= 0.3 is 0 Å². The van der Waals surface area contributed by atoms with Crippen LogP contribution in [0.4, 0.5) is 0 Å². The molecule has 1 aromatic rings. The summed E-state index contributed by atoms with van der Waals surface area (Å²) in [4.78, 5) is 0. The van der Waals surface area contributed by atoms with Crippen molar-refractivity contribution in [1.29, 1.82) is 0 Å². The van der Waals surface area contributed by atoms with Gasteiger partial charge in [-0.1, -0.05) is 6.07 Å². The van der Waals surface area contributed by atoms with Gasteiger partial charge in [0.15, 0.2) is 11.5 Å². The summed E-state index contributed by atoms with van der Waals surface area (Å²) in [5.74, 6) is 1.57. The SMILES string of the molecule is COCCNCCCc1ccc(OC)c(OC)c1. The van der Waals surface area contributed by atoms with E-state index in [-0.39, 0.29) is 0 Å². The molecule has 0 aliphatic heterocycles. The molecule has 4 nitrogen and oxygen atoms in total. The largest absolute Gasteiger partial charge is 0.493 e. The fourth-order valence-electron chi connectivity index (χ4n) is 1.75. The van der Waals surface area contributed by atoms with Crippen molar-refractivity contribution >= 4 is 0 Å². The molecule has 0 heterocycles. The van der Waals surface area contributed by atoms with Gasteiger partial charge in [0.2, 0.25) is 0 Å². The molecule has 1 rings (SSSR count). The van der Waals surface area contributed by atoms with Crippen molar-refractivity contribution in [3.05, 3.63) is 23.8 Å². The Labute approximate surface area is 109 Å². The van der Waals surface area contributed by atoms with E-state index < -0.39 is 0 Å². The van der Waals surface area contributed by atoms with E-state index in [1.54, 1.807) is 21.3 Å². The maximum atomic E-state index is 5.28. The number of hydrogen-bond acceptors (Lipinski definition) is 4. The second-order valence-electron chi connectivity index (χ2n) is 4.04. The fourth-order valence-corrected chi connectivity index (χ4v) is 1.75. The van der Waals surface area contributed by atoms with Gasteiger partial charge in [0, 0.05) is 13.7 Å². The monoisotopic (exact) mass is 253 g/mol. The van der Waals surface area contributed by atoms with Crippen LogP contribution in [0.25, 0.3) is 0 Å². The summed E-state index contributed by atoms with van der Waals surface area (Å²) < 4.78 is 15.5. The Balaban J connectivity index is 2.34. The van der Waals surface area contributed by atoms with Gasteiger partial charge in [-0.3, -0.25) is 0 Å². The quantitative estimate of drug-likeness (QED) is 0.682. The summed E-state index contributed by atoms with van der Waals surface area (Å²) in [7, 11) is 5.02. The van der Waals surface area contributed by atoms with Crippen LogP contribution in [0.3, 0.4) is 0 Å². The topological polar surface area (TPSA) is 39.7 Å². The molecule has 0 amide bonds. The summed E-state index contributed by atoms with van der Waals surface area (Å²) in [6.45, 7) is 2.66. The lowest BCUT2D eigenvalue weighted by Crippen LogP contribution is -2.20. The minimum absolute atomic E-state index is 0.760. The van der Waals surface area contributed by atoms with E-state index in [4.69, 9.17) is 14.2 Å². The summed E-state index contributed by atoms with van der Waals surface area (Å²) in [5.41, 5.74) is 1.26. The summed E-state index contributed by atoms with van der Waals surface area (Å²) in [6.07, 6.45) is 2.12. The molecule has 0 spiro atoms. The molecule has 0 aliphatic carbocycles. The zero-order valence-electron chi connectivity index (χ0n) is 11.5. The van der Waals surface area contributed by atoms with Crippen LogP contribution in [-0.4, -0.2) is 41.0 Å². The van der Waals surface area contributed by atoms with Crippen LogP contribution < -0.4 is 14.8 Å². The smallest absolute Gasteiger partial charge is 0.160 e. The first-order valence-electron chi connectivity index (χ1n) is 6.22. The lowest BCUT2D eigenvalue weighted by molar-refractivity contribution is 0.199. The molecule has 0 bridgehead atoms. The third-order valence-electron chi connectivity index (χ3n) is 2.75. The molecule has 0 saturated carbocycles. The van der Waals surface area contributed by atoms with Gasteiger partial charge in [0.05, 0.1) is 20.8 Å². The molecule has 0 fully saturated rings. The predicted octanol–water partition coefficient (Wildman–Crippen LogP) is 1.87. The molecule has 0 aliphatic rings. The number of benzene rings is 1. The number of nitrogens with one attached hydrogen (secondary N) is 1. The average molecular weight is 253 g/mol. The van der Waals surface area contributed by atoms with Crippen molar-refractivity contribution in [3.8, 4) is 11.5 Å². The Bertz CT molecular complexity index is 342. The van der Waals surface area contributed by atoms with Crippen LogP contribution in [0.2, 0.25) is 0 Å². The van der Waals surface area contributed by atoms with E-state index in [0.29, 0.717) is 0 Å². The number of hydrogen-bond donors (Lipinski definition) is 1. The molecule has 4 heteroatoms. The van der Waals surface area contributed by atoms with E-state index in [9.17, 15) is 0 Å². The Hall–Kier alpha value is -1.26. The summed E-state index contributed by atoms with van der Waals surface area (Å²) in [6, 6.07) is 6.07. The molecule has 0 aromatic heterocycles. The lowest BCUT2D eigenvalue weighted by Gasteiger charge is -2.09. The van der Waals surface area contributed by atoms with Gasteiger partial charge < -0.3 is 19.5 Å². The average Bonchev–Trinajstić information content (AvgIpc) is 2.42. The number of aryl methyl sites for hydroxylation is 1. The van der Waals surface area contributed by atoms with Crippen molar-refractivity contribution in [3.63, 3.8) is 0 Å². The molecule has 102 valence electrons. The number of methoxy groups -OCH3 is 3. The van der Waals surface area contributed by atoms with Gasteiger partial charge in [-0.25, -0.2) is 0 Å². The normalized spacial score (nSPS) is 10.4. The number of ether oxygens (including phenoxy) is 3. The first kappa shape index (κ1) is 14.8. The minimum Gasteiger partial charge on any atom is -0.493 e. The van der Waals surface area contributed by atoms with Crippen LogP contribution in [0, 0.1) is 0 Å². The van der Waals surface area contributed by atoms with Crippen LogP contribution >= 0.6 is 0 Å². The molecular formula is C14H23NO3. The first-order chi connectivity index (χ1) is 8.81. The highest BCUT2D eigenvalue weighted by atomic mass is 16.5. The lowest BCUT2D eigenvalue weighted by atomic mass is 10.1. The second kappa shape index (κ2) is 8.78. The van der Waals surface area contributed by atoms with E-state index in [1.165, 1.54) is 5.56 Å². The van der Waals surface area contributed by atoms with Gasteiger partial charge in [-0.05, 0) is 37.1 Å². The zero-order valence-corrected chi connectivity index (χ0v) is 11.5. The van der Waals surface area contributed by atoms with Gasteiger partial charge in [0.1, 0.15) is 0 Å². The molecule has 0 saturated heterocycles. The van der Waals surface area contributed by atoms with E-state index >= 15 is 0 Å². The van der Waals surface area contributed by atoms with E-state index in [2.05, 4.69) is 11.4 Å². The van der Waals surface area contributed by atoms with Crippen molar-refractivity contribution in [2.45, 2.75) is 12.8 Å². The summed E-state index contributed by atoms with van der Waals surface area (Å²) in [5, 5.41) is 3.33. The highest BCUT2D eigenvalue weighted by Crippen LogP contribution is 2.27. The first-order valence-corrected chi connectivity index (χ1v) is 6.22. The fraction of sp³-hybridized carbons (Fsp3) is 0.571. The molecule has 0 radical (unpaired) electrons. The Morgan fingerprint density at radius 2 is 1.78 bits per heavy atom. The maximum Gasteiger partial charge on any atom is 0.160 e. The van der Waals surface area contributed by atoms with Crippen molar-refractivity contribution in [2.24, 2.45) is 0 Å². The molecule has 0 unspecified atom stereocenters. The zero-order chi connectivity index (χ0) is 13.2. The van der Waals surface area contributed by atoms with Crippen LogP contribution in [0.1, 0.15) is 12.0 Å². The Kier molecular flexibility index (Phi) is 7.22. The number of rotatable bonds is 9. The highest BCUT2D eigenvalue weighted by molar-refractivity contribution is 5.42. The van der Waals surface area contributed by atoms with Crippen molar-refractivity contribution in [2.75, 3.05) is 41.0 Å². The van der Waals surface area contributed by atoms with Crippen molar-refractivity contribution in [1.82, 2.24) is 5.32 Å². The minimum atomic E-state index is 0.760. The van der Waals surface area contributed by atoms with Crippen LogP contribution in [0.15, 0.2) is 18.2 Å². The van der Waals surface area contributed by atoms with Gasteiger partial charge in [-0.15, -0.1) is 0 Å². The standard InChI is InChI=1S/C14H23NO3/c1-16-10-9-15-8-4-5-12-6-7-13(17-2)14(11-12)18-3/h6-7,11,15H,4-5,8-10H2,1-3H3. The van der Waals surface area contributed by atoms with Crippen molar-refractivity contribution < 1.29 is 14.2 Å². The van der Waals surface area contributed by atoms with E-state index in [0.717, 1.165) is 44.0 Å². The molecule has 1 aromatic carbocycles. The molecule has 0 atom stereocenters. The van der Waals surface area contributed by atoms with E-state index in [1.807, 2.05) is 12.1 Å².